The Labute approximate surface area is 170 Å². The van der Waals surface area contributed by atoms with E-state index in [-0.39, 0.29) is 16.2 Å². The Hall–Kier alpha value is -3.07. The molecular formula is C20H24N2O6S. The highest BCUT2D eigenvalue weighted by molar-refractivity contribution is 7.92. The largest absolute Gasteiger partial charge is 0.495 e. The monoisotopic (exact) mass is 420 g/mol. The fourth-order valence-corrected chi connectivity index (χ4v) is 3.70. The molecule has 2 N–H and O–H groups in total. The highest BCUT2D eigenvalue weighted by atomic mass is 32.2. The van der Waals surface area contributed by atoms with Crippen molar-refractivity contribution in [1.82, 2.24) is 5.32 Å². The lowest BCUT2D eigenvalue weighted by Gasteiger charge is -2.15. The number of hydrogen-bond donors (Lipinski definition) is 2. The number of carbonyl (C=O) groups excluding carboxylic acids is 2. The summed E-state index contributed by atoms with van der Waals surface area (Å²) in [5.74, 6) is -1.20. The number of hydrogen-bond acceptors (Lipinski definition) is 6. The number of rotatable bonds is 8. The highest BCUT2D eigenvalue weighted by Crippen LogP contribution is 2.27. The number of carbonyl (C=O) groups is 2. The van der Waals surface area contributed by atoms with Crippen LogP contribution in [0.3, 0.4) is 0 Å². The second-order valence-electron chi connectivity index (χ2n) is 6.28. The molecule has 0 aliphatic heterocycles. The van der Waals surface area contributed by atoms with E-state index in [2.05, 4.69) is 10.0 Å². The summed E-state index contributed by atoms with van der Waals surface area (Å²) in [6, 6.07) is 10.7. The summed E-state index contributed by atoms with van der Waals surface area (Å²) in [6.07, 6.45) is -1.02. The van der Waals surface area contributed by atoms with Gasteiger partial charge in [-0.25, -0.2) is 13.2 Å². The van der Waals surface area contributed by atoms with Crippen LogP contribution in [0.2, 0.25) is 0 Å². The summed E-state index contributed by atoms with van der Waals surface area (Å²) in [5.41, 5.74) is 1.33. The minimum atomic E-state index is -4.04. The van der Waals surface area contributed by atoms with E-state index in [0.717, 1.165) is 11.6 Å². The maximum atomic E-state index is 12.8. The summed E-state index contributed by atoms with van der Waals surface area (Å²) < 4.78 is 38.4. The first-order valence-electron chi connectivity index (χ1n) is 8.94. The second-order valence-corrected chi connectivity index (χ2v) is 7.93. The topological polar surface area (TPSA) is 111 Å². The van der Waals surface area contributed by atoms with E-state index in [4.69, 9.17) is 9.47 Å². The van der Waals surface area contributed by atoms with Crippen LogP contribution in [0.25, 0.3) is 0 Å². The van der Waals surface area contributed by atoms with Gasteiger partial charge >= 0.3 is 5.97 Å². The minimum Gasteiger partial charge on any atom is -0.495 e. The molecule has 0 heterocycles. The molecule has 0 aromatic heterocycles. The van der Waals surface area contributed by atoms with Crippen LogP contribution in [0, 0.1) is 6.92 Å². The second kappa shape index (κ2) is 9.42. The van der Waals surface area contributed by atoms with E-state index in [1.807, 2.05) is 6.92 Å². The van der Waals surface area contributed by atoms with E-state index in [0.29, 0.717) is 12.2 Å². The van der Waals surface area contributed by atoms with Gasteiger partial charge in [0.1, 0.15) is 10.6 Å². The van der Waals surface area contributed by atoms with E-state index in [1.54, 1.807) is 31.2 Å². The molecule has 8 nitrogen and oxygen atoms in total. The summed E-state index contributed by atoms with van der Waals surface area (Å²) >= 11 is 0. The molecule has 0 saturated carbocycles. The van der Waals surface area contributed by atoms with Crippen molar-refractivity contribution in [2.45, 2.75) is 31.8 Å². The Morgan fingerprint density at radius 1 is 1.10 bits per heavy atom. The standard InChI is InChI=1S/C20H24N2O6S/c1-5-21-19(23)14(3)28-20(24)15-8-11-17(27-4)18(12-15)29(25,26)22-16-9-6-13(2)7-10-16/h6-12,14,22H,5H2,1-4H3,(H,21,23)/t14-/m1/s1. The van der Waals surface area contributed by atoms with E-state index >= 15 is 0 Å². The number of methoxy groups -OCH3 is 1. The Kier molecular flexibility index (Phi) is 7.22. The number of benzene rings is 2. The molecule has 1 atom stereocenters. The molecule has 0 spiro atoms. The van der Waals surface area contributed by atoms with Crippen molar-refractivity contribution in [3.05, 3.63) is 53.6 Å². The van der Waals surface area contributed by atoms with Gasteiger partial charge in [0.05, 0.1) is 12.7 Å². The number of anilines is 1. The summed E-state index contributed by atoms with van der Waals surface area (Å²) in [4.78, 5) is 23.9. The third kappa shape index (κ3) is 5.71. The van der Waals surface area contributed by atoms with Crippen molar-refractivity contribution in [1.29, 1.82) is 0 Å². The lowest BCUT2D eigenvalue weighted by molar-refractivity contribution is -0.128. The zero-order valence-electron chi connectivity index (χ0n) is 16.7. The van der Waals surface area contributed by atoms with Crippen molar-refractivity contribution in [2.24, 2.45) is 0 Å². The predicted molar refractivity (Wildman–Crippen MR) is 109 cm³/mol. The predicted octanol–water partition coefficient (Wildman–Crippen LogP) is 2.49. The molecule has 0 unspecified atom stereocenters. The first-order chi connectivity index (χ1) is 13.7. The number of sulfonamides is 1. The molecule has 1 amide bonds. The van der Waals surface area contributed by atoms with Crippen LogP contribution >= 0.6 is 0 Å². The minimum absolute atomic E-state index is 0.0220. The lowest BCUT2D eigenvalue weighted by Crippen LogP contribution is -2.35. The molecule has 29 heavy (non-hydrogen) atoms. The van der Waals surface area contributed by atoms with E-state index in [9.17, 15) is 18.0 Å². The third-order valence-corrected chi connectivity index (χ3v) is 5.40. The molecule has 0 radical (unpaired) electrons. The van der Waals surface area contributed by atoms with E-state index < -0.39 is 28.0 Å². The van der Waals surface area contributed by atoms with Gasteiger partial charge in [0.15, 0.2) is 6.10 Å². The van der Waals surface area contributed by atoms with Gasteiger partial charge in [-0.15, -0.1) is 0 Å². The quantitative estimate of drug-likeness (QED) is 0.635. The van der Waals surface area contributed by atoms with Gasteiger partial charge in [0.2, 0.25) is 0 Å². The molecule has 0 aliphatic rings. The number of aryl methyl sites for hydroxylation is 1. The Morgan fingerprint density at radius 3 is 2.34 bits per heavy atom. The fourth-order valence-electron chi connectivity index (χ4n) is 2.45. The smallest absolute Gasteiger partial charge is 0.338 e. The van der Waals surface area contributed by atoms with Gasteiger partial charge in [-0.05, 0) is 51.1 Å². The maximum absolute atomic E-state index is 12.8. The van der Waals surface area contributed by atoms with Crippen LogP contribution in [-0.2, 0) is 19.6 Å². The normalized spacial score (nSPS) is 12.0. The molecule has 2 aromatic rings. The van der Waals surface area contributed by atoms with E-state index in [1.165, 1.54) is 26.2 Å². The fraction of sp³-hybridized carbons (Fsp3) is 0.300. The average Bonchev–Trinajstić information content (AvgIpc) is 2.69. The van der Waals surface area contributed by atoms with Crippen LogP contribution < -0.4 is 14.8 Å². The molecule has 0 fully saturated rings. The van der Waals surface area contributed by atoms with Crippen molar-refractivity contribution in [3.8, 4) is 5.75 Å². The Morgan fingerprint density at radius 2 is 1.76 bits per heavy atom. The summed E-state index contributed by atoms with van der Waals surface area (Å²) in [7, 11) is -2.71. The van der Waals surface area contributed by atoms with Gasteiger partial charge in [0, 0.05) is 12.2 Å². The van der Waals surface area contributed by atoms with Gasteiger partial charge in [-0.1, -0.05) is 17.7 Å². The first-order valence-corrected chi connectivity index (χ1v) is 10.4. The number of nitrogens with one attached hydrogen (secondary N) is 2. The van der Waals surface area contributed by atoms with Gasteiger partial charge in [-0.3, -0.25) is 9.52 Å². The molecule has 9 heteroatoms. The summed E-state index contributed by atoms with van der Waals surface area (Å²) in [5, 5.41) is 2.55. The van der Waals surface area contributed by atoms with Crippen molar-refractivity contribution in [2.75, 3.05) is 18.4 Å². The van der Waals surface area contributed by atoms with Crippen LogP contribution in [0.1, 0.15) is 29.8 Å². The average molecular weight is 420 g/mol. The molecule has 2 rings (SSSR count). The van der Waals surface area contributed by atoms with Crippen LogP contribution in [-0.4, -0.2) is 40.1 Å². The molecule has 0 bridgehead atoms. The Balaban J connectivity index is 2.31. The SMILES string of the molecule is CCNC(=O)[C@@H](C)OC(=O)c1ccc(OC)c(S(=O)(=O)Nc2ccc(C)cc2)c1. The Bertz CT molecular complexity index is 987. The zero-order valence-corrected chi connectivity index (χ0v) is 17.5. The molecule has 156 valence electrons. The van der Waals surface area contributed by atoms with Crippen molar-refractivity contribution < 1.29 is 27.5 Å². The number of likely N-dealkylation sites (N-methyl/N-ethyl adjacent to an activating group) is 1. The molecular weight excluding hydrogens is 396 g/mol. The first kappa shape index (κ1) is 22.2. The molecule has 0 aliphatic carbocycles. The van der Waals surface area contributed by atoms with Crippen LogP contribution in [0.4, 0.5) is 5.69 Å². The lowest BCUT2D eigenvalue weighted by atomic mass is 10.2. The third-order valence-electron chi connectivity index (χ3n) is 4.00. The molecule has 0 saturated heterocycles. The van der Waals surface area contributed by atoms with Crippen molar-refractivity contribution in [3.63, 3.8) is 0 Å². The van der Waals surface area contributed by atoms with Gasteiger partial charge in [-0.2, -0.15) is 0 Å². The van der Waals surface area contributed by atoms with Gasteiger partial charge in [0.25, 0.3) is 15.9 Å². The number of amides is 1. The number of esters is 1. The number of ether oxygens (including phenoxy) is 2. The molecule has 2 aromatic carbocycles. The van der Waals surface area contributed by atoms with Crippen molar-refractivity contribution >= 4 is 27.6 Å². The van der Waals surface area contributed by atoms with Crippen LogP contribution in [0.5, 0.6) is 5.75 Å². The van der Waals surface area contributed by atoms with Gasteiger partial charge < -0.3 is 14.8 Å². The zero-order chi connectivity index (χ0) is 21.6. The summed E-state index contributed by atoms with van der Waals surface area (Å²) in [6.45, 7) is 5.46. The maximum Gasteiger partial charge on any atom is 0.338 e. The van der Waals surface area contributed by atoms with Crippen LogP contribution in [0.15, 0.2) is 47.4 Å². The highest BCUT2D eigenvalue weighted by Gasteiger charge is 2.24.